The van der Waals surface area contributed by atoms with Crippen molar-refractivity contribution < 1.29 is 9.50 Å². The van der Waals surface area contributed by atoms with Crippen molar-refractivity contribution in [3.63, 3.8) is 0 Å². The van der Waals surface area contributed by atoms with Crippen molar-refractivity contribution in [3.05, 3.63) is 41.7 Å². The average Bonchev–Trinajstić information content (AvgIpc) is 3.20. The Morgan fingerprint density at radius 2 is 2.07 bits per heavy atom. The summed E-state index contributed by atoms with van der Waals surface area (Å²) in [4.78, 5) is 6.58. The van der Waals surface area contributed by atoms with E-state index < -0.39 is 0 Å². The molecule has 3 rings (SSSR count). The van der Waals surface area contributed by atoms with E-state index >= 15 is 0 Å². The van der Waals surface area contributed by atoms with E-state index in [1.54, 1.807) is 12.4 Å². The number of halogens is 1. The van der Waals surface area contributed by atoms with Gasteiger partial charge >= 0.3 is 0 Å². The minimum absolute atomic E-state index is 0.239. The van der Waals surface area contributed by atoms with Gasteiger partial charge in [0.1, 0.15) is 18.0 Å². The fourth-order valence-electron chi connectivity index (χ4n) is 3.56. The Hall–Kier alpha value is -2.68. The van der Waals surface area contributed by atoms with E-state index in [1.165, 1.54) is 0 Å². The van der Waals surface area contributed by atoms with Crippen LogP contribution in [0.2, 0.25) is 0 Å². The highest BCUT2D eigenvalue weighted by Crippen LogP contribution is 2.24. The summed E-state index contributed by atoms with van der Waals surface area (Å²) in [6, 6.07) is 5.29. The Labute approximate surface area is 177 Å². The zero-order valence-electron chi connectivity index (χ0n) is 17.8. The molecule has 0 saturated carbocycles. The van der Waals surface area contributed by atoms with Crippen molar-refractivity contribution in [1.29, 1.82) is 0 Å². The van der Waals surface area contributed by atoms with Gasteiger partial charge in [-0.3, -0.25) is 0 Å². The number of nitrogens with zero attached hydrogens (tertiary/aromatic N) is 5. The number of piperidine rings is 1. The van der Waals surface area contributed by atoms with Gasteiger partial charge in [-0.25, -0.2) is 9.38 Å². The highest BCUT2D eigenvalue weighted by Gasteiger charge is 2.19. The maximum atomic E-state index is 14.6. The number of nitrogens with one attached hydrogen (secondary N) is 2. The zero-order chi connectivity index (χ0) is 21.3. The molecule has 0 aliphatic carbocycles. The van der Waals surface area contributed by atoms with Gasteiger partial charge in [0, 0.05) is 39.1 Å². The second-order valence-electron chi connectivity index (χ2n) is 7.42. The molecule has 30 heavy (non-hydrogen) atoms. The molecule has 3 N–H and O–H groups in total. The highest BCUT2D eigenvalue weighted by atomic mass is 19.1. The number of aryl methyl sites for hydroxylation is 1. The van der Waals surface area contributed by atoms with Crippen molar-refractivity contribution >= 4 is 11.6 Å². The van der Waals surface area contributed by atoms with Gasteiger partial charge in [0.2, 0.25) is 0 Å². The number of aliphatic imine (C=N–C) groups is 1. The number of guanidine groups is 1. The predicted octanol–water partition coefficient (Wildman–Crippen LogP) is 1.70. The lowest BCUT2D eigenvalue weighted by atomic mass is 10.1. The first kappa shape index (κ1) is 22.0. The molecule has 1 fully saturated rings. The largest absolute Gasteiger partial charge is 0.393 e. The molecule has 0 amide bonds. The normalized spacial score (nSPS) is 15.5. The van der Waals surface area contributed by atoms with E-state index in [2.05, 4.69) is 32.7 Å². The van der Waals surface area contributed by atoms with Gasteiger partial charge in [0.15, 0.2) is 5.96 Å². The molecule has 1 saturated heterocycles. The molecule has 1 aromatic carbocycles. The van der Waals surface area contributed by atoms with E-state index in [0.29, 0.717) is 50.7 Å². The van der Waals surface area contributed by atoms with Crippen LogP contribution < -0.4 is 15.5 Å². The first-order chi connectivity index (χ1) is 14.6. The minimum atomic E-state index is -0.270. The topological polar surface area (TPSA) is 90.6 Å². The number of rotatable bonds is 8. The lowest BCUT2D eigenvalue weighted by molar-refractivity contribution is 0.145. The third-order valence-corrected chi connectivity index (χ3v) is 5.24. The smallest absolute Gasteiger partial charge is 0.191 e. The summed E-state index contributed by atoms with van der Waals surface area (Å²) in [7, 11) is 0. The lowest BCUT2D eigenvalue weighted by Gasteiger charge is -2.31. The summed E-state index contributed by atoms with van der Waals surface area (Å²) >= 11 is 0. The van der Waals surface area contributed by atoms with Crippen LogP contribution in [0.3, 0.4) is 0 Å². The summed E-state index contributed by atoms with van der Waals surface area (Å²) < 4.78 is 16.7. The Morgan fingerprint density at radius 1 is 1.27 bits per heavy atom. The van der Waals surface area contributed by atoms with E-state index in [4.69, 9.17) is 0 Å². The van der Waals surface area contributed by atoms with Gasteiger partial charge in [-0.15, -0.1) is 10.2 Å². The molecule has 0 unspecified atom stereocenters. The van der Waals surface area contributed by atoms with Crippen molar-refractivity contribution in [2.45, 2.75) is 52.3 Å². The van der Waals surface area contributed by atoms with Crippen molar-refractivity contribution in [2.24, 2.45) is 4.99 Å². The number of aromatic nitrogens is 3. The van der Waals surface area contributed by atoms with Crippen molar-refractivity contribution in [1.82, 2.24) is 25.4 Å². The second-order valence-corrected chi connectivity index (χ2v) is 7.42. The first-order valence-electron chi connectivity index (χ1n) is 10.7. The van der Waals surface area contributed by atoms with Gasteiger partial charge in [0.05, 0.1) is 18.3 Å². The molecule has 0 spiro atoms. The van der Waals surface area contributed by atoms with Crippen LogP contribution >= 0.6 is 0 Å². The fourth-order valence-corrected chi connectivity index (χ4v) is 3.56. The number of aliphatic hydroxyl groups excluding tert-OH is 1. The molecule has 0 atom stereocenters. The third kappa shape index (κ3) is 5.91. The Balaban J connectivity index is 1.56. The molecule has 1 aliphatic rings. The van der Waals surface area contributed by atoms with Crippen LogP contribution in [0, 0.1) is 5.82 Å². The van der Waals surface area contributed by atoms with Crippen LogP contribution in [-0.4, -0.2) is 58.1 Å². The Kier molecular flexibility index (Phi) is 8.01. The van der Waals surface area contributed by atoms with Gasteiger partial charge in [0.25, 0.3) is 0 Å². The fraction of sp³-hybridized carbons (Fsp3) is 0.571. The van der Waals surface area contributed by atoms with Crippen molar-refractivity contribution in [3.8, 4) is 0 Å². The van der Waals surface area contributed by atoms with Gasteiger partial charge in [-0.1, -0.05) is 13.0 Å². The highest BCUT2D eigenvalue weighted by molar-refractivity contribution is 5.79. The zero-order valence-corrected chi connectivity index (χ0v) is 17.8. The van der Waals surface area contributed by atoms with E-state index in [-0.39, 0.29) is 11.9 Å². The molecule has 8 nitrogen and oxygen atoms in total. The predicted molar refractivity (Wildman–Crippen MR) is 116 cm³/mol. The molecule has 0 bridgehead atoms. The molecular weight excluding hydrogens is 385 g/mol. The van der Waals surface area contributed by atoms with Crippen LogP contribution in [0.4, 0.5) is 10.1 Å². The monoisotopic (exact) mass is 417 g/mol. The third-order valence-electron chi connectivity index (χ3n) is 5.24. The van der Waals surface area contributed by atoms with Gasteiger partial charge < -0.3 is 25.2 Å². The van der Waals surface area contributed by atoms with E-state index in [0.717, 1.165) is 30.9 Å². The first-order valence-corrected chi connectivity index (χ1v) is 10.7. The standard InChI is InChI=1S/C21H32FN7O/c1-3-20-27-26-15-29(20)12-9-24-21(23-4-2)25-14-16-5-6-19(18(22)13-16)28-10-7-17(30)8-11-28/h5-6,13,15,17,30H,3-4,7-12,14H2,1-2H3,(H2,23,24,25). The van der Waals surface area contributed by atoms with E-state index in [9.17, 15) is 9.50 Å². The number of hydrogen-bond donors (Lipinski definition) is 3. The van der Waals surface area contributed by atoms with Crippen LogP contribution in [0.5, 0.6) is 0 Å². The molecule has 2 heterocycles. The van der Waals surface area contributed by atoms with Crippen LogP contribution in [0.25, 0.3) is 0 Å². The van der Waals surface area contributed by atoms with Crippen LogP contribution in [0.15, 0.2) is 29.5 Å². The minimum Gasteiger partial charge on any atom is -0.393 e. The number of anilines is 1. The molecule has 164 valence electrons. The molecule has 0 radical (unpaired) electrons. The van der Waals surface area contributed by atoms with Gasteiger partial charge in [-0.2, -0.15) is 0 Å². The van der Waals surface area contributed by atoms with Gasteiger partial charge in [-0.05, 0) is 37.5 Å². The lowest BCUT2D eigenvalue weighted by Crippen LogP contribution is -2.39. The maximum Gasteiger partial charge on any atom is 0.191 e. The number of aliphatic hydroxyl groups is 1. The molecule has 1 aromatic heterocycles. The Morgan fingerprint density at radius 3 is 2.77 bits per heavy atom. The van der Waals surface area contributed by atoms with Crippen molar-refractivity contribution in [2.75, 3.05) is 31.1 Å². The summed E-state index contributed by atoms with van der Waals surface area (Å²) in [6.45, 7) is 7.98. The summed E-state index contributed by atoms with van der Waals surface area (Å²) in [6.07, 6.45) is 3.66. The van der Waals surface area contributed by atoms with Crippen LogP contribution in [0.1, 0.15) is 38.1 Å². The SMILES string of the molecule is CCNC(=NCc1ccc(N2CCC(O)CC2)c(F)c1)NCCn1cnnc1CC. The number of benzene rings is 1. The molecular formula is C21H32FN7O. The molecule has 9 heteroatoms. The molecule has 1 aliphatic heterocycles. The Bertz CT molecular complexity index is 831. The molecule has 2 aromatic rings. The average molecular weight is 418 g/mol. The van der Waals surface area contributed by atoms with Crippen LogP contribution in [-0.2, 0) is 19.5 Å². The summed E-state index contributed by atoms with van der Waals surface area (Å²) in [5.74, 6) is 1.41. The second kappa shape index (κ2) is 10.9. The summed E-state index contributed by atoms with van der Waals surface area (Å²) in [5, 5.41) is 24.2. The van der Waals surface area contributed by atoms with E-state index in [1.807, 2.05) is 28.5 Å². The number of hydrogen-bond acceptors (Lipinski definition) is 5. The maximum absolute atomic E-state index is 14.6. The summed E-state index contributed by atoms with van der Waals surface area (Å²) in [5.41, 5.74) is 1.41. The quantitative estimate of drug-likeness (QED) is 0.447.